The Hall–Kier alpha value is -2.10. The summed E-state index contributed by atoms with van der Waals surface area (Å²) in [7, 11) is 0. The van der Waals surface area contributed by atoms with Gasteiger partial charge in [0.1, 0.15) is 24.5 Å². The number of benzene rings is 1. The summed E-state index contributed by atoms with van der Waals surface area (Å²) in [6.45, 7) is 8.63. The molecular weight excluding hydrogens is 342 g/mol. The number of nitrogens with one attached hydrogen (secondary N) is 2. The predicted octanol–water partition coefficient (Wildman–Crippen LogP) is 3.45. The minimum absolute atomic E-state index is 0.0151. The van der Waals surface area contributed by atoms with Crippen molar-refractivity contribution in [1.82, 2.24) is 5.32 Å². The Kier molecular flexibility index (Phi) is 10.5. The van der Waals surface area contributed by atoms with E-state index in [1.807, 2.05) is 20.8 Å². The SMILES string of the molecule is CCCCC(CC)C(=O)Nc1ccc(OCC(O)CNC(C)C)c(C#N)c1. The van der Waals surface area contributed by atoms with Crippen LogP contribution in [0.3, 0.4) is 0 Å². The molecule has 0 aliphatic rings. The van der Waals surface area contributed by atoms with Crippen LogP contribution in [0.5, 0.6) is 5.75 Å². The number of unbranched alkanes of at least 4 members (excludes halogenated alkanes) is 1. The maximum atomic E-state index is 12.4. The summed E-state index contributed by atoms with van der Waals surface area (Å²) in [6.07, 6.45) is 3.08. The van der Waals surface area contributed by atoms with Gasteiger partial charge in [0.25, 0.3) is 0 Å². The van der Waals surface area contributed by atoms with Crippen LogP contribution in [-0.2, 0) is 4.79 Å². The van der Waals surface area contributed by atoms with E-state index in [1.54, 1.807) is 18.2 Å². The highest BCUT2D eigenvalue weighted by Gasteiger charge is 2.17. The van der Waals surface area contributed by atoms with Gasteiger partial charge in [-0.2, -0.15) is 5.26 Å². The quantitative estimate of drug-likeness (QED) is 0.520. The fraction of sp³-hybridized carbons (Fsp3) is 0.619. The van der Waals surface area contributed by atoms with E-state index in [0.29, 0.717) is 23.5 Å². The van der Waals surface area contributed by atoms with Gasteiger partial charge in [0.15, 0.2) is 0 Å². The van der Waals surface area contributed by atoms with Crippen molar-refractivity contribution >= 4 is 11.6 Å². The molecule has 1 rings (SSSR count). The number of anilines is 1. The average molecular weight is 376 g/mol. The number of nitrogens with zero attached hydrogens (tertiary/aromatic N) is 1. The van der Waals surface area contributed by atoms with E-state index < -0.39 is 6.10 Å². The Morgan fingerprint density at radius 3 is 2.67 bits per heavy atom. The zero-order valence-corrected chi connectivity index (χ0v) is 16.9. The fourth-order valence-electron chi connectivity index (χ4n) is 2.65. The second-order valence-electron chi connectivity index (χ2n) is 7.09. The smallest absolute Gasteiger partial charge is 0.227 e. The van der Waals surface area contributed by atoms with Crippen molar-refractivity contribution in [2.24, 2.45) is 5.92 Å². The van der Waals surface area contributed by atoms with Crippen molar-refractivity contribution < 1.29 is 14.6 Å². The molecule has 0 spiro atoms. The van der Waals surface area contributed by atoms with E-state index in [-0.39, 0.29) is 24.5 Å². The maximum absolute atomic E-state index is 12.4. The van der Waals surface area contributed by atoms with Gasteiger partial charge in [0.05, 0.1) is 5.56 Å². The number of hydrogen-bond acceptors (Lipinski definition) is 5. The molecule has 1 aromatic rings. The third kappa shape index (κ3) is 8.42. The first kappa shape index (κ1) is 22.9. The number of rotatable bonds is 12. The molecule has 27 heavy (non-hydrogen) atoms. The Balaban J connectivity index is 2.68. The lowest BCUT2D eigenvalue weighted by atomic mass is 9.98. The lowest BCUT2D eigenvalue weighted by molar-refractivity contribution is -0.120. The molecule has 3 N–H and O–H groups in total. The molecule has 1 aromatic carbocycles. The molecule has 2 atom stereocenters. The molecule has 2 unspecified atom stereocenters. The minimum atomic E-state index is -0.665. The molecule has 0 heterocycles. The van der Waals surface area contributed by atoms with Crippen LogP contribution in [0, 0.1) is 17.2 Å². The molecule has 0 fully saturated rings. The summed E-state index contributed by atoms with van der Waals surface area (Å²) in [5.74, 6) is 0.367. The standard InChI is InChI=1S/C21H33N3O3/c1-5-7-8-16(6-2)21(26)24-18-9-10-20(17(11-18)12-22)27-14-19(25)13-23-15(3)4/h9-11,15-16,19,23,25H,5-8,13-14H2,1-4H3,(H,24,26). The van der Waals surface area contributed by atoms with E-state index in [2.05, 4.69) is 23.6 Å². The van der Waals surface area contributed by atoms with Crippen LogP contribution in [-0.4, -0.2) is 36.3 Å². The first-order chi connectivity index (χ1) is 12.9. The molecule has 0 aromatic heterocycles. The number of aliphatic hydroxyl groups is 1. The van der Waals surface area contributed by atoms with E-state index in [0.717, 1.165) is 25.7 Å². The van der Waals surface area contributed by atoms with Gasteiger partial charge in [-0.25, -0.2) is 0 Å². The second-order valence-corrected chi connectivity index (χ2v) is 7.09. The molecule has 1 amide bonds. The molecule has 6 nitrogen and oxygen atoms in total. The van der Waals surface area contributed by atoms with Gasteiger partial charge in [0.2, 0.25) is 5.91 Å². The first-order valence-electron chi connectivity index (χ1n) is 9.80. The molecule has 0 radical (unpaired) electrons. The zero-order valence-electron chi connectivity index (χ0n) is 16.9. The van der Waals surface area contributed by atoms with Crippen molar-refractivity contribution in [2.45, 2.75) is 65.5 Å². The molecule has 0 aliphatic carbocycles. The third-order valence-corrected chi connectivity index (χ3v) is 4.33. The van der Waals surface area contributed by atoms with Crippen molar-refractivity contribution in [1.29, 1.82) is 5.26 Å². The van der Waals surface area contributed by atoms with Gasteiger partial charge in [-0.3, -0.25) is 4.79 Å². The number of hydrogen-bond donors (Lipinski definition) is 3. The number of carbonyl (C=O) groups is 1. The Morgan fingerprint density at radius 2 is 2.07 bits per heavy atom. The molecule has 0 bridgehead atoms. The molecule has 0 saturated carbocycles. The lowest BCUT2D eigenvalue weighted by Gasteiger charge is -2.17. The van der Waals surface area contributed by atoms with Crippen LogP contribution in [0.4, 0.5) is 5.69 Å². The van der Waals surface area contributed by atoms with Crippen molar-refractivity contribution in [2.75, 3.05) is 18.5 Å². The topological polar surface area (TPSA) is 94.4 Å². The van der Waals surface area contributed by atoms with Crippen molar-refractivity contribution in [3.8, 4) is 11.8 Å². The highest BCUT2D eigenvalue weighted by Crippen LogP contribution is 2.23. The van der Waals surface area contributed by atoms with Crippen LogP contribution < -0.4 is 15.4 Å². The number of ether oxygens (including phenoxy) is 1. The van der Waals surface area contributed by atoms with Crippen LogP contribution >= 0.6 is 0 Å². The Bertz CT molecular complexity index is 626. The first-order valence-corrected chi connectivity index (χ1v) is 9.80. The van der Waals surface area contributed by atoms with Crippen molar-refractivity contribution in [3.63, 3.8) is 0 Å². The highest BCUT2D eigenvalue weighted by atomic mass is 16.5. The monoisotopic (exact) mass is 375 g/mol. The largest absolute Gasteiger partial charge is 0.489 e. The fourth-order valence-corrected chi connectivity index (χ4v) is 2.65. The van der Waals surface area contributed by atoms with Gasteiger partial charge in [-0.05, 0) is 31.0 Å². The third-order valence-electron chi connectivity index (χ3n) is 4.33. The number of aliphatic hydroxyl groups excluding tert-OH is 1. The summed E-state index contributed by atoms with van der Waals surface area (Å²) < 4.78 is 5.58. The molecule has 0 saturated heterocycles. The van der Waals surface area contributed by atoms with Gasteiger partial charge in [0, 0.05) is 24.2 Å². The van der Waals surface area contributed by atoms with Gasteiger partial charge in [-0.15, -0.1) is 0 Å². The summed E-state index contributed by atoms with van der Waals surface area (Å²) in [5.41, 5.74) is 0.916. The number of amides is 1. The second kappa shape index (κ2) is 12.3. The average Bonchev–Trinajstić information content (AvgIpc) is 2.65. The van der Waals surface area contributed by atoms with E-state index >= 15 is 0 Å². The van der Waals surface area contributed by atoms with Crippen LogP contribution in [0.1, 0.15) is 58.9 Å². The Morgan fingerprint density at radius 1 is 1.33 bits per heavy atom. The molecule has 150 valence electrons. The van der Waals surface area contributed by atoms with Crippen LogP contribution in [0.15, 0.2) is 18.2 Å². The number of carbonyl (C=O) groups excluding carboxylic acids is 1. The van der Waals surface area contributed by atoms with Gasteiger partial charge in [-0.1, -0.05) is 40.5 Å². The van der Waals surface area contributed by atoms with Crippen LogP contribution in [0.2, 0.25) is 0 Å². The molecule has 6 heteroatoms. The van der Waals surface area contributed by atoms with E-state index in [4.69, 9.17) is 4.74 Å². The summed E-state index contributed by atoms with van der Waals surface area (Å²) >= 11 is 0. The summed E-state index contributed by atoms with van der Waals surface area (Å²) in [6, 6.07) is 7.35. The molecular formula is C21H33N3O3. The number of nitriles is 1. The lowest BCUT2D eigenvalue weighted by Crippen LogP contribution is -2.35. The summed E-state index contributed by atoms with van der Waals surface area (Å²) in [4.78, 5) is 12.4. The summed E-state index contributed by atoms with van der Waals surface area (Å²) in [5, 5.41) is 25.3. The molecule has 0 aliphatic heterocycles. The van der Waals surface area contributed by atoms with Crippen molar-refractivity contribution in [3.05, 3.63) is 23.8 Å². The Labute approximate surface area is 162 Å². The zero-order chi connectivity index (χ0) is 20.2. The normalized spacial score (nSPS) is 13.1. The van der Waals surface area contributed by atoms with Gasteiger partial charge < -0.3 is 20.5 Å². The maximum Gasteiger partial charge on any atom is 0.227 e. The van der Waals surface area contributed by atoms with Crippen LogP contribution in [0.25, 0.3) is 0 Å². The van der Waals surface area contributed by atoms with E-state index in [9.17, 15) is 15.2 Å². The van der Waals surface area contributed by atoms with E-state index in [1.165, 1.54) is 0 Å². The minimum Gasteiger partial charge on any atom is -0.489 e. The van der Waals surface area contributed by atoms with Gasteiger partial charge >= 0.3 is 0 Å². The predicted molar refractivity (Wildman–Crippen MR) is 108 cm³/mol. The highest BCUT2D eigenvalue weighted by molar-refractivity contribution is 5.92.